The molecule has 3 fully saturated rings. The van der Waals surface area contributed by atoms with Gasteiger partial charge in [-0.1, -0.05) is 19.9 Å². The number of hydrogen-bond donors (Lipinski definition) is 4. The molecule has 2 saturated heterocycles. The average Bonchev–Trinajstić information content (AvgIpc) is 3.41. The van der Waals surface area contributed by atoms with Gasteiger partial charge >= 0.3 is 11.9 Å². The quantitative estimate of drug-likeness (QED) is 0.226. The summed E-state index contributed by atoms with van der Waals surface area (Å²) < 4.78 is 39.8. The molecule has 13 heteroatoms. The highest BCUT2D eigenvalue weighted by molar-refractivity contribution is 5.90. The fraction of sp³-hybridized carbons (Fsp3) is 0.793. The Morgan fingerprint density at radius 1 is 1.07 bits per heavy atom. The van der Waals surface area contributed by atoms with Crippen LogP contribution in [0.15, 0.2) is 23.3 Å². The van der Waals surface area contributed by atoms with Gasteiger partial charge in [0.15, 0.2) is 18.9 Å². The van der Waals surface area contributed by atoms with Gasteiger partial charge in [-0.15, -0.1) is 0 Å². The predicted octanol–water partition coefficient (Wildman–Crippen LogP) is -0.0695. The van der Waals surface area contributed by atoms with E-state index in [9.17, 15) is 30.0 Å². The Morgan fingerprint density at radius 2 is 1.81 bits per heavy atom. The molecule has 0 radical (unpaired) electrons. The maximum Gasteiger partial charge on any atom is 0.334 e. The molecule has 0 spiro atoms. The minimum Gasteiger partial charge on any atom is -0.466 e. The van der Waals surface area contributed by atoms with Crippen molar-refractivity contribution in [2.75, 3.05) is 27.9 Å². The van der Waals surface area contributed by atoms with Crippen LogP contribution in [0.2, 0.25) is 0 Å². The number of allylic oxidation sites excluding steroid dienone is 1. The van der Waals surface area contributed by atoms with E-state index in [4.69, 9.17) is 33.2 Å². The molecule has 1 saturated carbocycles. The highest BCUT2D eigenvalue weighted by atomic mass is 16.8. The number of carbonyl (C=O) groups excluding carboxylic acids is 2. The molecule has 0 aromatic carbocycles. The maximum absolute atomic E-state index is 13.8. The lowest BCUT2D eigenvalue weighted by Gasteiger charge is -2.62. The summed E-state index contributed by atoms with van der Waals surface area (Å²) in [5, 5.41) is 41.1. The van der Waals surface area contributed by atoms with Crippen LogP contribution in [-0.4, -0.2) is 116 Å². The number of aliphatic hydroxyl groups is 4. The van der Waals surface area contributed by atoms with E-state index in [1.165, 1.54) is 21.3 Å². The van der Waals surface area contributed by atoms with Crippen molar-refractivity contribution in [3.63, 3.8) is 0 Å². The van der Waals surface area contributed by atoms with Crippen molar-refractivity contribution in [1.82, 2.24) is 0 Å². The minimum atomic E-state index is -1.65. The zero-order chi connectivity index (χ0) is 30.6. The first-order chi connectivity index (χ1) is 19.9. The van der Waals surface area contributed by atoms with Gasteiger partial charge in [-0.3, -0.25) is 4.79 Å². The third-order valence-electron chi connectivity index (χ3n) is 10.2. The molecule has 13 nitrogen and oxygen atoms in total. The number of ether oxygens (including phenoxy) is 7. The number of cyclic esters (lactones) is 1. The molecular formula is C29H42O13. The van der Waals surface area contributed by atoms with Gasteiger partial charge in [0.2, 0.25) is 0 Å². The van der Waals surface area contributed by atoms with E-state index < -0.39 is 90.8 Å². The second-order valence-corrected chi connectivity index (χ2v) is 12.2. The lowest BCUT2D eigenvalue weighted by atomic mass is 9.44. The van der Waals surface area contributed by atoms with Gasteiger partial charge in [-0.05, 0) is 43.1 Å². The normalized spacial score (nSPS) is 47.1. The smallest absolute Gasteiger partial charge is 0.334 e. The first kappa shape index (κ1) is 31.5. The number of hydrogen-bond acceptors (Lipinski definition) is 13. The first-order valence-corrected chi connectivity index (χ1v) is 14.3. The number of fused-ring (bicyclic) bond motifs is 3. The third kappa shape index (κ3) is 4.92. The van der Waals surface area contributed by atoms with Gasteiger partial charge in [0.05, 0.1) is 25.7 Å². The largest absolute Gasteiger partial charge is 0.466 e. The summed E-state index contributed by atoms with van der Waals surface area (Å²) in [6.07, 6.45) is -5.08. The first-order valence-electron chi connectivity index (χ1n) is 14.3. The van der Waals surface area contributed by atoms with Crippen molar-refractivity contribution in [2.24, 2.45) is 22.7 Å². The van der Waals surface area contributed by atoms with E-state index in [0.717, 1.165) is 0 Å². The predicted molar refractivity (Wildman–Crippen MR) is 141 cm³/mol. The van der Waals surface area contributed by atoms with E-state index in [0.29, 0.717) is 30.4 Å². The van der Waals surface area contributed by atoms with E-state index in [1.54, 1.807) is 6.08 Å². The Balaban J connectivity index is 1.52. The summed E-state index contributed by atoms with van der Waals surface area (Å²) in [4.78, 5) is 27.0. The topological polar surface area (TPSA) is 180 Å². The SMILES string of the molecule is COC(=O)C1=CCC[C@H]2[C@]3(C)C[C@@H](C4=C[C@@H](OC)O[C@H]4OC)OC(=O)[C@@H]3C[C@@H](O[C@@H]3O[C@@H](CO)[C@@H](O)[C@@H](O)[C@@H]3O)[C@@]12C. The van der Waals surface area contributed by atoms with Crippen molar-refractivity contribution < 1.29 is 63.2 Å². The molecule has 4 N–H and O–H groups in total. The van der Waals surface area contributed by atoms with Crippen LogP contribution >= 0.6 is 0 Å². The van der Waals surface area contributed by atoms with Crippen LogP contribution in [0.3, 0.4) is 0 Å². The molecule has 13 atom stereocenters. The molecule has 0 bridgehead atoms. The minimum absolute atomic E-state index is 0.113. The maximum atomic E-state index is 13.8. The Labute approximate surface area is 244 Å². The van der Waals surface area contributed by atoms with Gasteiger partial charge in [0.25, 0.3) is 0 Å². The zero-order valence-electron chi connectivity index (χ0n) is 24.5. The summed E-state index contributed by atoms with van der Waals surface area (Å²) in [5.74, 6) is -1.89. The number of aliphatic hydroxyl groups excluding tert-OH is 4. The van der Waals surface area contributed by atoms with E-state index in [2.05, 4.69) is 0 Å². The molecule has 5 aliphatic rings. The number of rotatable bonds is 7. The van der Waals surface area contributed by atoms with Crippen LogP contribution in [-0.2, 0) is 42.7 Å². The Bertz CT molecular complexity index is 1110. The fourth-order valence-corrected chi connectivity index (χ4v) is 7.99. The molecule has 0 unspecified atom stereocenters. The van der Waals surface area contributed by atoms with Crippen LogP contribution < -0.4 is 0 Å². The molecule has 42 heavy (non-hydrogen) atoms. The van der Waals surface area contributed by atoms with Crippen LogP contribution in [0, 0.1) is 22.7 Å². The molecule has 2 aliphatic carbocycles. The molecule has 3 aliphatic heterocycles. The van der Waals surface area contributed by atoms with Crippen molar-refractivity contribution in [1.29, 1.82) is 0 Å². The number of methoxy groups -OCH3 is 3. The molecule has 0 amide bonds. The Morgan fingerprint density at radius 3 is 2.45 bits per heavy atom. The van der Waals surface area contributed by atoms with Crippen LogP contribution in [0.5, 0.6) is 0 Å². The second-order valence-electron chi connectivity index (χ2n) is 12.2. The van der Waals surface area contributed by atoms with Crippen molar-refractivity contribution in [3.8, 4) is 0 Å². The van der Waals surface area contributed by atoms with E-state index in [1.807, 2.05) is 19.9 Å². The highest BCUT2D eigenvalue weighted by Crippen LogP contribution is 2.65. The summed E-state index contributed by atoms with van der Waals surface area (Å²) in [5.41, 5.74) is -0.627. The Hall–Kier alpha value is -1.94. The van der Waals surface area contributed by atoms with Gasteiger partial charge < -0.3 is 53.6 Å². The number of carbonyl (C=O) groups is 2. The fourth-order valence-electron chi connectivity index (χ4n) is 7.99. The van der Waals surface area contributed by atoms with E-state index in [-0.39, 0.29) is 12.3 Å². The highest BCUT2D eigenvalue weighted by Gasteiger charge is 2.66. The van der Waals surface area contributed by atoms with Crippen LogP contribution in [0.25, 0.3) is 0 Å². The van der Waals surface area contributed by atoms with Crippen LogP contribution in [0.4, 0.5) is 0 Å². The molecule has 3 heterocycles. The molecule has 5 rings (SSSR count). The second kappa shape index (κ2) is 11.9. The van der Waals surface area contributed by atoms with Crippen molar-refractivity contribution in [2.45, 2.75) is 95.0 Å². The molecular weight excluding hydrogens is 556 g/mol. The van der Waals surface area contributed by atoms with Gasteiger partial charge in [-0.25, -0.2) is 4.79 Å². The molecule has 236 valence electrons. The van der Waals surface area contributed by atoms with Crippen molar-refractivity contribution >= 4 is 11.9 Å². The summed E-state index contributed by atoms with van der Waals surface area (Å²) in [6.45, 7) is 3.30. The third-order valence-corrected chi connectivity index (χ3v) is 10.2. The Kier molecular flexibility index (Phi) is 8.89. The van der Waals surface area contributed by atoms with Crippen LogP contribution in [0.1, 0.15) is 39.5 Å². The average molecular weight is 599 g/mol. The molecule has 0 aromatic rings. The summed E-state index contributed by atoms with van der Waals surface area (Å²) >= 11 is 0. The van der Waals surface area contributed by atoms with Crippen molar-refractivity contribution in [3.05, 3.63) is 23.3 Å². The summed E-state index contributed by atoms with van der Waals surface area (Å²) in [6, 6.07) is 0. The van der Waals surface area contributed by atoms with E-state index >= 15 is 0 Å². The monoisotopic (exact) mass is 598 g/mol. The lowest BCUT2D eigenvalue weighted by molar-refractivity contribution is -0.328. The standard InChI is InChI=1S/C29H42O13/c1-28-11-16(13-9-20(36-3)42-26(13)38-5)39-25(35)15(28)10-19(29(2)14(24(34)37-4)7-6-8-18(28)29)41-27-23(33)22(32)21(31)17(12-30)40-27/h7,9,15-23,26-27,30-33H,6,8,10-12H2,1-5H3/t15-,16-,17-,18-,19+,20-,21+,22+,23-,26+,27-,28+,29-/m0/s1. The molecule has 0 aromatic heterocycles. The van der Waals surface area contributed by atoms with Gasteiger partial charge in [0.1, 0.15) is 30.5 Å². The lowest BCUT2D eigenvalue weighted by Crippen LogP contribution is -2.65. The number of esters is 2. The van der Waals surface area contributed by atoms with Gasteiger partial charge in [-0.2, -0.15) is 0 Å². The summed E-state index contributed by atoms with van der Waals surface area (Å²) in [7, 11) is 4.31. The van der Waals surface area contributed by atoms with Gasteiger partial charge in [0, 0.05) is 30.8 Å². The zero-order valence-corrected chi connectivity index (χ0v) is 24.5.